The standard InChI is InChI=1S/C15H19ClN2O2.ClH/c16-12-1-2-14-10(8-12)7-11(9-20-14)15(19)18-5-3-13(17)4-6-18;/h1-2,8,11,13H,3-7,9,17H2;1H. The van der Waals surface area contributed by atoms with Crippen molar-refractivity contribution in [1.29, 1.82) is 0 Å². The number of carbonyl (C=O) groups is 1. The Morgan fingerprint density at radius 3 is 2.76 bits per heavy atom. The minimum absolute atomic E-state index is 0. The molecule has 1 amide bonds. The number of nitrogens with zero attached hydrogens (tertiary/aromatic N) is 1. The predicted molar refractivity (Wildman–Crippen MR) is 85.2 cm³/mol. The second-order valence-electron chi connectivity index (χ2n) is 5.63. The molecule has 21 heavy (non-hydrogen) atoms. The SMILES string of the molecule is Cl.NC1CCN(C(=O)C2COc3ccc(Cl)cc3C2)CC1. The summed E-state index contributed by atoms with van der Waals surface area (Å²) in [6.45, 7) is 1.98. The molecular formula is C15H20Cl2N2O2. The molecule has 1 fully saturated rings. The lowest BCUT2D eigenvalue weighted by Crippen LogP contribution is -2.47. The van der Waals surface area contributed by atoms with Gasteiger partial charge in [0.1, 0.15) is 12.4 Å². The summed E-state index contributed by atoms with van der Waals surface area (Å²) < 4.78 is 5.69. The van der Waals surface area contributed by atoms with Crippen LogP contribution >= 0.6 is 24.0 Å². The number of hydrogen-bond donors (Lipinski definition) is 1. The maximum Gasteiger partial charge on any atom is 0.229 e. The number of rotatable bonds is 1. The summed E-state index contributed by atoms with van der Waals surface area (Å²) in [6.07, 6.45) is 2.49. The molecule has 6 heteroatoms. The molecule has 116 valence electrons. The Hall–Kier alpha value is -0.970. The van der Waals surface area contributed by atoms with E-state index in [9.17, 15) is 4.79 Å². The van der Waals surface area contributed by atoms with Crippen LogP contribution in [0.5, 0.6) is 5.75 Å². The second kappa shape index (κ2) is 6.86. The third-order valence-corrected chi connectivity index (χ3v) is 4.36. The monoisotopic (exact) mass is 330 g/mol. The summed E-state index contributed by atoms with van der Waals surface area (Å²) in [5.41, 5.74) is 6.90. The summed E-state index contributed by atoms with van der Waals surface area (Å²) in [5, 5.41) is 0.685. The van der Waals surface area contributed by atoms with Crippen LogP contribution in [0.2, 0.25) is 5.02 Å². The van der Waals surface area contributed by atoms with Gasteiger partial charge in [-0.25, -0.2) is 0 Å². The van der Waals surface area contributed by atoms with Crippen molar-refractivity contribution in [3.05, 3.63) is 28.8 Å². The van der Waals surface area contributed by atoms with Crippen molar-refractivity contribution in [2.24, 2.45) is 11.7 Å². The number of piperidine rings is 1. The van der Waals surface area contributed by atoms with Crippen LogP contribution in [0.25, 0.3) is 0 Å². The van der Waals surface area contributed by atoms with Crippen molar-refractivity contribution in [3.63, 3.8) is 0 Å². The van der Waals surface area contributed by atoms with Gasteiger partial charge >= 0.3 is 0 Å². The Morgan fingerprint density at radius 2 is 2.05 bits per heavy atom. The summed E-state index contributed by atoms with van der Waals surface area (Å²) in [6, 6.07) is 5.82. The van der Waals surface area contributed by atoms with E-state index in [1.807, 2.05) is 23.1 Å². The fourth-order valence-corrected chi connectivity index (χ4v) is 3.09. The van der Waals surface area contributed by atoms with Crippen molar-refractivity contribution >= 4 is 29.9 Å². The first-order chi connectivity index (χ1) is 9.63. The average molecular weight is 331 g/mol. The van der Waals surface area contributed by atoms with Crippen LogP contribution in [0.15, 0.2) is 18.2 Å². The van der Waals surface area contributed by atoms with Crippen LogP contribution in [0.3, 0.4) is 0 Å². The highest BCUT2D eigenvalue weighted by Gasteiger charge is 2.31. The lowest BCUT2D eigenvalue weighted by Gasteiger charge is -2.34. The molecule has 1 aromatic carbocycles. The number of likely N-dealkylation sites (tertiary alicyclic amines) is 1. The van der Waals surface area contributed by atoms with E-state index in [1.165, 1.54) is 0 Å². The smallest absolute Gasteiger partial charge is 0.229 e. The van der Waals surface area contributed by atoms with Crippen molar-refractivity contribution < 1.29 is 9.53 Å². The first-order valence-electron chi connectivity index (χ1n) is 7.09. The summed E-state index contributed by atoms with van der Waals surface area (Å²) >= 11 is 6.00. The second-order valence-corrected chi connectivity index (χ2v) is 6.06. The summed E-state index contributed by atoms with van der Waals surface area (Å²) in [4.78, 5) is 14.5. The molecule has 1 aromatic rings. The Bertz CT molecular complexity index is 516. The van der Waals surface area contributed by atoms with Crippen molar-refractivity contribution in [3.8, 4) is 5.75 Å². The van der Waals surface area contributed by atoms with E-state index in [0.717, 1.165) is 37.2 Å². The normalized spacial score (nSPS) is 22.0. The van der Waals surface area contributed by atoms with Gasteiger partial charge in [-0.2, -0.15) is 0 Å². The molecule has 4 nitrogen and oxygen atoms in total. The summed E-state index contributed by atoms with van der Waals surface area (Å²) in [5.74, 6) is 0.928. The lowest BCUT2D eigenvalue weighted by atomic mass is 9.94. The van der Waals surface area contributed by atoms with Gasteiger partial charge in [0, 0.05) is 24.2 Å². The maximum atomic E-state index is 12.5. The third-order valence-electron chi connectivity index (χ3n) is 4.13. The van der Waals surface area contributed by atoms with Crippen LogP contribution in [0.1, 0.15) is 18.4 Å². The molecule has 2 aliphatic heterocycles. The number of benzene rings is 1. The molecule has 2 N–H and O–H groups in total. The minimum atomic E-state index is -0.102. The highest BCUT2D eigenvalue weighted by molar-refractivity contribution is 6.30. The molecule has 1 unspecified atom stereocenters. The molecule has 2 heterocycles. The molecule has 1 atom stereocenters. The number of ether oxygens (including phenoxy) is 1. The van der Waals surface area contributed by atoms with Crippen LogP contribution in [-0.4, -0.2) is 36.5 Å². The molecule has 0 saturated carbocycles. The fourth-order valence-electron chi connectivity index (χ4n) is 2.90. The number of nitrogens with two attached hydrogens (primary N) is 1. The molecule has 0 spiro atoms. The molecule has 1 saturated heterocycles. The number of hydrogen-bond acceptors (Lipinski definition) is 3. The van der Waals surface area contributed by atoms with Gasteiger partial charge in [-0.1, -0.05) is 11.6 Å². The zero-order valence-corrected chi connectivity index (χ0v) is 13.3. The number of fused-ring (bicyclic) bond motifs is 1. The van der Waals surface area contributed by atoms with Crippen LogP contribution < -0.4 is 10.5 Å². The van der Waals surface area contributed by atoms with E-state index in [0.29, 0.717) is 18.1 Å². The van der Waals surface area contributed by atoms with E-state index in [2.05, 4.69) is 0 Å². The first kappa shape index (κ1) is 16.4. The average Bonchev–Trinajstić information content (AvgIpc) is 2.46. The van der Waals surface area contributed by atoms with Gasteiger partial charge in [0.25, 0.3) is 0 Å². The van der Waals surface area contributed by atoms with Crippen LogP contribution in [0.4, 0.5) is 0 Å². The highest BCUT2D eigenvalue weighted by atomic mass is 35.5. The first-order valence-corrected chi connectivity index (χ1v) is 7.47. The van der Waals surface area contributed by atoms with Gasteiger partial charge in [-0.15, -0.1) is 12.4 Å². The van der Waals surface area contributed by atoms with Gasteiger partial charge < -0.3 is 15.4 Å². The van der Waals surface area contributed by atoms with Crippen LogP contribution in [0, 0.1) is 5.92 Å². The largest absolute Gasteiger partial charge is 0.492 e. The van der Waals surface area contributed by atoms with E-state index in [-0.39, 0.29) is 30.3 Å². The van der Waals surface area contributed by atoms with E-state index in [1.54, 1.807) is 0 Å². The number of amides is 1. The Labute approximate surface area is 136 Å². The van der Waals surface area contributed by atoms with Crippen LogP contribution in [-0.2, 0) is 11.2 Å². The van der Waals surface area contributed by atoms with E-state index >= 15 is 0 Å². The van der Waals surface area contributed by atoms with Crippen molar-refractivity contribution in [2.45, 2.75) is 25.3 Å². The van der Waals surface area contributed by atoms with Gasteiger partial charge in [-0.3, -0.25) is 4.79 Å². The minimum Gasteiger partial charge on any atom is -0.492 e. The fraction of sp³-hybridized carbons (Fsp3) is 0.533. The molecule has 0 bridgehead atoms. The molecule has 3 rings (SSSR count). The topological polar surface area (TPSA) is 55.6 Å². The van der Waals surface area contributed by atoms with E-state index in [4.69, 9.17) is 22.1 Å². The zero-order chi connectivity index (χ0) is 14.1. The molecule has 0 aliphatic carbocycles. The zero-order valence-electron chi connectivity index (χ0n) is 11.8. The molecule has 0 radical (unpaired) electrons. The Kier molecular flexibility index (Phi) is 5.36. The summed E-state index contributed by atoms with van der Waals surface area (Å²) in [7, 11) is 0. The maximum absolute atomic E-state index is 12.5. The van der Waals surface area contributed by atoms with Crippen molar-refractivity contribution in [2.75, 3.05) is 19.7 Å². The van der Waals surface area contributed by atoms with Gasteiger partial charge in [0.15, 0.2) is 0 Å². The quantitative estimate of drug-likeness (QED) is 0.859. The van der Waals surface area contributed by atoms with E-state index < -0.39 is 0 Å². The number of carbonyl (C=O) groups excluding carboxylic acids is 1. The predicted octanol–water partition coefficient (Wildman–Crippen LogP) is 2.26. The van der Waals surface area contributed by atoms with Gasteiger partial charge in [0.05, 0.1) is 5.92 Å². The molecule has 0 aromatic heterocycles. The third kappa shape index (κ3) is 3.62. The molecular weight excluding hydrogens is 311 g/mol. The van der Waals surface area contributed by atoms with Gasteiger partial charge in [0.2, 0.25) is 5.91 Å². The molecule has 2 aliphatic rings. The van der Waals surface area contributed by atoms with Gasteiger partial charge in [-0.05, 0) is 43.0 Å². The van der Waals surface area contributed by atoms with Crippen molar-refractivity contribution in [1.82, 2.24) is 4.90 Å². The Balaban J connectivity index is 0.00000161. The lowest BCUT2D eigenvalue weighted by molar-refractivity contribution is -0.137. The Morgan fingerprint density at radius 1 is 1.33 bits per heavy atom. The number of halogens is 2. The highest BCUT2D eigenvalue weighted by Crippen LogP contribution is 2.30.